The molecule has 0 unspecified atom stereocenters. The number of benzene rings is 4. The first-order valence-corrected chi connectivity index (χ1v) is 25.4. The van der Waals surface area contributed by atoms with Crippen molar-refractivity contribution in [2.45, 2.75) is 25.7 Å². The predicted molar refractivity (Wildman–Crippen MR) is 301 cm³/mol. The number of aromatic nitrogens is 4. The quantitative estimate of drug-likeness (QED) is 0.0739. The third-order valence-corrected chi connectivity index (χ3v) is 12.6. The normalized spacial score (nSPS) is 12.3. The maximum Gasteiger partial charge on any atom is 0.127 e. The largest absolute Gasteiger partial charge is 0.493 e. The lowest BCUT2D eigenvalue weighted by Gasteiger charge is -2.14. The molecule has 72 heavy (non-hydrogen) atoms. The second-order valence-corrected chi connectivity index (χ2v) is 17.5. The number of hydrogen-bond acceptors (Lipinski definition) is 6. The molecule has 0 aliphatic carbocycles. The fourth-order valence-electron chi connectivity index (χ4n) is 8.73. The molecule has 362 valence electrons. The predicted octanol–water partition coefficient (Wildman–Crippen LogP) is 17.4. The number of para-hydroxylation sites is 4. The van der Waals surface area contributed by atoms with Gasteiger partial charge < -0.3 is 28.9 Å². The van der Waals surface area contributed by atoms with Crippen LogP contribution in [0.15, 0.2) is 168 Å². The van der Waals surface area contributed by atoms with Crippen LogP contribution in [0.5, 0.6) is 23.0 Å². The van der Waals surface area contributed by atoms with Gasteiger partial charge >= 0.3 is 0 Å². The monoisotopic (exact) mass is 1030 g/mol. The van der Waals surface area contributed by atoms with Crippen molar-refractivity contribution in [3.63, 3.8) is 0 Å². The van der Waals surface area contributed by atoms with Crippen LogP contribution in [0, 0.1) is 0 Å². The van der Waals surface area contributed by atoms with E-state index in [1.54, 1.807) is 0 Å². The minimum Gasteiger partial charge on any atom is -0.493 e. The second kappa shape index (κ2) is 24.8. The molecule has 8 bridgehead atoms. The molecule has 0 amide bonds. The van der Waals surface area contributed by atoms with E-state index in [-0.39, 0.29) is 0 Å². The Morgan fingerprint density at radius 3 is 0.806 bits per heavy atom. The summed E-state index contributed by atoms with van der Waals surface area (Å²) in [7, 11) is 0. The summed E-state index contributed by atoms with van der Waals surface area (Å²) >= 11 is 23.6. The summed E-state index contributed by atoms with van der Waals surface area (Å²) in [5.74, 6) is 2.81. The van der Waals surface area contributed by atoms with Crippen molar-refractivity contribution in [3.05, 3.63) is 191 Å². The van der Waals surface area contributed by atoms with Crippen molar-refractivity contribution in [1.82, 2.24) is 19.9 Å². The smallest absolute Gasteiger partial charge is 0.127 e. The Labute approximate surface area is 439 Å². The van der Waals surface area contributed by atoms with Crippen LogP contribution in [0.4, 0.5) is 0 Å². The molecule has 0 spiro atoms. The first kappa shape index (κ1) is 49.8. The van der Waals surface area contributed by atoms with Crippen LogP contribution < -0.4 is 18.9 Å². The lowest BCUT2D eigenvalue weighted by atomic mass is 10.0. The Bertz CT molecular complexity index is 2970. The molecule has 0 atom stereocenters. The Morgan fingerprint density at radius 1 is 0.333 bits per heavy atom. The second-order valence-electron chi connectivity index (χ2n) is 16.5. The van der Waals surface area contributed by atoms with Gasteiger partial charge in [0.25, 0.3) is 0 Å². The summed E-state index contributed by atoms with van der Waals surface area (Å²) in [5, 5.41) is 0. The van der Waals surface area contributed by atoms with Gasteiger partial charge in [-0.1, -0.05) is 144 Å². The van der Waals surface area contributed by atoms with Crippen LogP contribution in [0.25, 0.3) is 90.9 Å². The SMILES string of the molecule is ClC=CCCOc1ccccc1-c1c2nc(c(-c3ccccc3OCCC=CCl)c3ccc([nH]3)c(-c3ccccc3OCCC=CCl)c3nc(c(-c4ccccc4OCCC=CCl)c4ccc1[nH]4)C=C3)C=C2. The molecule has 0 radical (unpaired) electrons. The Balaban J connectivity index is 1.41. The average molecular weight is 1030 g/mol. The van der Waals surface area contributed by atoms with E-state index >= 15 is 0 Å². The summed E-state index contributed by atoms with van der Waals surface area (Å²) in [6, 6.07) is 40.5. The van der Waals surface area contributed by atoms with Gasteiger partial charge in [0, 0.05) is 114 Å². The summed E-state index contributed by atoms with van der Waals surface area (Å²) < 4.78 is 26.0. The molecule has 7 aromatic rings. The molecule has 2 aliphatic rings. The van der Waals surface area contributed by atoms with Crippen LogP contribution >= 0.6 is 46.4 Å². The van der Waals surface area contributed by atoms with E-state index in [4.69, 9.17) is 75.3 Å². The van der Waals surface area contributed by atoms with E-state index in [0.29, 0.717) is 75.1 Å². The Morgan fingerprint density at radius 2 is 0.569 bits per heavy atom. The molecule has 2 N–H and O–H groups in total. The maximum absolute atomic E-state index is 6.50. The van der Waals surface area contributed by atoms with Crippen LogP contribution in [0.2, 0.25) is 0 Å². The number of nitrogens with one attached hydrogen (secondary N) is 2. The molecule has 5 heterocycles. The summed E-state index contributed by atoms with van der Waals surface area (Å²) in [6.07, 6.45) is 18.3. The van der Waals surface area contributed by atoms with E-state index < -0.39 is 0 Å². The van der Waals surface area contributed by atoms with Gasteiger partial charge in [0.1, 0.15) is 23.0 Å². The van der Waals surface area contributed by atoms with Gasteiger partial charge in [-0.15, -0.1) is 0 Å². The van der Waals surface area contributed by atoms with Gasteiger partial charge in [-0.2, -0.15) is 0 Å². The molecule has 0 saturated heterocycles. The maximum atomic E-state index is 6.50. The van der Waals surface area contributed by atoms with Crippen molar-refractivity contribution in [1.29, 1.82) is 0 Å². The van der Waals surface area contributed by atoms with E-state index in [0.717, 1.165) is 89.4 Å². The fraction of sp³-hybridized carbons (Fsp3) is 0.133. The van der Waals surface area contributed by atoms with E-state index in [1.165, 1.54) is 22.1 Å². The zero-order valence-corrected chi connectivity index (χ0v) is 42.2. The molecule has 4 aromatic carbocycles. The molecule has 0 saturated carbocycles. The third kappa shape index (κ3) is 11.4. The van der Waals surface area contributed by atoms with Crippen LogP contribution in [-0.4, -0.2) is 46.4 Å². The van der Waals surface area contributed by atoms with Crippen molar-refractivity contribution < 1.29 is 18.9 Å². The third-order valence-electron chi connectivity index (χ3n) is 11.9. The Hall–Kier alpha value is -7.20. The molecular formula is C60H50Cl4N4O4. The lowest BCUT2D eigenvalue weighted by molar-refractivity contribution is 0.326. The topological polar surface area (TPSA) is 94.3 Å². The number of hydrogen-bond donors (Lipinski definition) is 2. The molecule has 0 fully saturated rings. The number of rotatable bonds is 20. The molecule has 9 rings (SSSR count). The zero-order valence-electron chi connectivity index (χ0n) is 39.2. The molecular weight excluding hydrogens is 982 g/mol. The van der Waals surface area contributed by atoms with Gasteiger partial charge in [-0.25, -0.2) is 9.97 Å². The van der Waals surface area contributed by atoms with Crippen molar-refractivity contribution in [2.75, 3.05) is 26.4 Å². The molecule has 2 aliphatic heterocycles. The average Bonchev–Trinajstić information content (AvgIpc) is 4.27. The van der Waals surface area contributed by atoms with Crippen LogP contribution in [-0.2, 0) is 0 Å². The highest BCUT2D eigenvalue weighted by atomic mass is 35.5. The van der Waals surface area contributed by atoms with Gasteiger partial charge in [0.15, 0.2) is 0 Å². The first-order valence-electron chi connectivity index (χ1n) is 23.7. The standard InChI is InChI=1S/C60H50Cl4N4O4/c61-33-9-13-37-69-53-21-5-1-17-41(53)57-45-25-27-47(65-45)58(42-18-2-6-22-54(42)70-38-14-10-34-62)49-29-31-51(67-49)60(44-20-4-8-24-56(44)72-40-16-12-36-64)52-32-30-50(68-52)59(48-28-26-46(57)66-48)43-19-3-7-23-55(43)71-39-15-11-35-63/h1-12,17-36,65,68H,13-16,37-40H2. The Kier molecular flexibility index (Phi) is 17.1. The number of fused-ring (bicyclic) bond motifs is 8. The van der Waals surface area contributed by atoms with Gasteiger partial charge in [-0.05, 0) is 72.8 Å². The van der Waals surface area contributed by atoms with Crippen LogP contribution in [0.1, 0.15) is 48.5 Å². The lowest BCUT2D eigenvalue weighted by Crippen LogP contribution is -1.99. The number of aromatic amines is 2. The summed E-state index contributed by atoms with van der Waals surface area (Å²) in [6.45, 7) is 1.70. The number of halogens is 4. The first-order chi connectivity index (χ1) is 35.6. The molecule has 12 heteroatoms. The number of nitrogens with zero attached hydrogens (tertiary/aromatic N) is 2. The zero-order chi connectivity index (χ0) is 49.5. The van der Waals surface area contributed by atoms with E-state index in [2.05, 4.69) is 82.8 Å². The summed E-state index contributed by atoms with van der Waals surface area (Å²) in [5.41, 5.74) is 19.0. The van der Waals surface area contributed by atoms with Crippen molar-refractivity contribution >= 4 is 92.8 Å². The highest BCUT2D eigenvalue weighted by Crippen LogP contribution is 2.44. The van der Waals surface area contributed by atoms with E-state index in [1.807, 2.05) is 97.1 Å². The van der Waals surface area contributed by atoms with E-state index in [9.17, 15) is 0 Å². The minimum atomic E-state index is 0.426. The number of ether oxygens (including phenoxy) is 4. The van der Waals surface area contributed by atoms with Crippen molar-refractivity contribution in [3.8, 4) is 67.5 Å². The molecule has 3 aromatic heterocycles. The van der Waals surface area contributed by atoms with Crippen molar-refractivity contribution in [2.24, 2.45) is 0 Å². The molecule has 8 nitrogen and oxygen atoms in total. The summed E-state index contributed by atoms with van der Waals surface area (Å²) in [4.78, 5) is 18.8. The highest BCUT2D eigenvalue weighted by Gasteiger charge is 2.23. The number of H-pyrrole nitrogens is 2. The fourth-order valence-corrected chi connectivity index (χ4v) is 9.24. The highest BCUT2D eigenvalue weighted by molar-refractivity contribution is 6.26. The minimum absolute atomic E-state index is 0.426. The van der Waals surface area contributed by atoms with Gasteiger partial charge in [-0.3, -0.25) is 0 Å². The van der Waals surface area contributed by atoms with Crippen LogP contribution in [0.3, 0.4) is 0 Å². The van der Waals surface area contributed by atoms with Gasteiger partial charge in [0.2, 0.25) is 0 Å². The van der Waals surface area contributed by atoms with Gasteiger partial charge in [0.05, 0.1) is 49.2 Å².